The largest absolute Gasteiger partial charge is 0.336 e. The molecule has 1 fully saturated rings. The van der Waals surface area contributed by atoms with Crippen molar-refractivity contribution in [1.29, 1.82) is 0 Å². The molecule has 1 saturated carbocycles. The molecule has 0 atom stereocenters. The highest BCUT2D eigenvalue weighted by Crippen LogP contribution is 2.20. The van der Waals surface area contributed by atoms with Gasteiger partial charge in [0.15, 0.2) is 0 Å². The fraction of sp³-hybridized carbons (Fsp3) is 0.462. The van der Waals surface area contributed by atoms with Gasteiger partial charge in [0.25, 0.3) is 11.6 Å². The quantitative estimate of drug-likeness (QED) is 0.856. The van der Waals surface area contributed by atoms with Crippen LogP contribution < -0.4 is 5.48 Å². The topological polar surface area (TPSA) is 77.2 Å². The Balaban J connectivity index is 1.71. The first-order valence-corrected chi connectivity index (χ1v) is 6.42. The molecule has 0 bridgehead atoms. The number of hydrogen-bond donors (Lipinski definition) is 1. The van der Waals surface area contributed by atoms with Crippen LogP contribution in [0.25, 0.3) is 11.1 Å². The minimum Gasteiger partial charge on any atom is -0.336 e. The zero-order valence-corrected chi connectivity index (χ0v) is 10.7. The third-order valence-electron chi connectivity index (χ3n) is 3.39. The number of nitrogens with zero attached hydrogens (tertiary/aromatic N) is 2. The second-order valence-electron chi connectivity index (χ2n) is 4.80. The molecular formula is C13H15N3O3. The van der Waals surface area contributed by atoms with Gasteiger partial charge in [-0.15, -0.1) is 0 Å². The number of pyridine rings is 1. The molecule has 2 aromatic heterocycles. The Morgan fingerprint density at radius 1 is 1.47 bits per heavy atom. The second kappa shape index (κ2) is 4.97. The number of fused-ring (bicyclic) bond motifs is 1. The third kappa shape index (κ3) is 2.44. The van der Waals surface area contributed by atoms with Gasteiger partial charge in [-0.1, -0.05) is 18.0 Å². The van der Waals surface area contributed by atoms with Gasteiger partial charge >= 0.3 is 0 Å². The number of hydroxylamine groups is 1. The summed E-state index contributed by atoms with van der Waals surface area (Å²) in [7, 11) is 0. The molecule has 0 aromatic carbocycles. The molecule has 2 aromatic rings. The van der Waals surface area contributed by atoms with Crippen molar-refractivity contribution >= 4 is 17.0 Å². The van der Waals surface area contributed by atoms with Crippen molar-refractivity contribution in [2.45, 2.75) is 38.7 Å². The van der Waals surface area contributed by atoms with E-state index in [1.807, 2.05) is 6.92 Å². The molecule has 1 amide bonds. The number of carbonyl (C=O) groups is 1. The van der Waals surface area contributed by atoms with Gasteiger partial charge in [-0.05, 0) is 25.8 Å². The maximum atomic E-state index is 12.0. The summed E-state index contributed by atoms with van der Waals surface area (Å²) in [6.07, 6.45) is 5.92. The highest BCUT2D eigenvalue weighted by atomic mass is 16.7. The predicted octanol–water partition coefficient (Wildman–Crippen LogP) is 2.14. The molecule has 0 spiro atoms. The van der Waals surface area contributed by atoms with Gasteiger partial charge in [0.1, 0.15) is 0 Å². The molecule has 1 N–H and O–H groups in total. The highest BCUT2D eigenvalue weighted by molar-refractivity contribution is 5.96. The average molecular weight is 261 g/mol. The summed E-state index contributed by atoms with van der Waals surface area (Å²) >= 11 is 0. The Morgan fingerprint density at radius 3 is 3.05 bits per heavy atom. The fourth-order valence-corrected chi connectivity index (χ4v) is 2.27. The van der Waals surface area contributed by atoms with E-state index in [0.717, 1.165) is 31.1 Å². The number of rotatable bonds is 3. The Labute approximate surface area is 110 Å². The maximum Gasteiger partial charge on any atom is 0.276 e. The molecule has 1 aliphatic carbocycles. The van der Waals surface area contributed by atoms with E-state index >= 15 is 0 Å². The zero-order chi connectivity index (χ0) is 13.2. The number of aryl methyl sites for hydroxylation is 1. The van der Waals surface area contributed by atoms with Crippen LogP contribution in [0.3, 0.4) is 0 Å². The molecular weight excluding hydrogens is 246 g/mol. The molecule has 2 heterocycles. The lowest BCUT2D eigenvalue weighted by atomic mass is 10.2. The van der Waals surface area contributed by atoms with Gasteiger partial charge in [-0.25, -0.2) is 10.5 Å². The Morgan fingerprint density at radius 2 is 2.26 bits per heavy atom. The molecule has 0 unspecified atom stereocenters. The lowest BCUT2D eigenvalue weighted by Gasteiger charge is -2.11. The molecule has 6 heteroatoms. The summed E-state index contributed by atoms with van der Waals surface area (Å²) < 4.78 is 5.00. The van der Waals surface area contributed by atoms with Crippen LogP contribution in [0.4, 0.5) is 0 Å². The first kappa shape index (κ1) is 12.1. The van der Waals surface area contributed by atoms with E-state index in [1.165, 1.54) is 6.20 Å². The van der Waals surface area contributed by atoms with Crippen LogP contribution in [0.5, 0.6) is 0 Å². The normalized spacial score (nSPS) is 16.1. The smallest absolute Gasteiger partial charge is 0.276 e. The first-order chi connectivity index (χ1) is 9.24. The van der Waals surface area contributed by atoms with Crippen molar-refractivity contribution in [2.24, 2.45) is 0 Å². The van der Waals surface area contributed by atoms with E-state index in [0.29, 0.717) is 17.0 Å². The number of nitrogens with one attached hydrogen (secondary N) is 1. The standard InChI is InChI=1S/C13H15N3O3/c1-8-11-6-9(7-14-13(11)19-15-8)12(17)16-18-10-4-2-3-5-10/h6-7,10H,2-5H2,1H3,(H,16,17). The summed E-state index contributed by atoms with van der Waals surface area (Å²) in [4.78, 5) is 21.4. The highest BCUT2D eigenvalue weighted by Gasteiger charge is 2.18. The van der Waals surface area contributed by atoms with Crippen molar-refractivity contribution in [2.75, 3.05) is 0 Å². The van der Waals surface area contributed by atoms with Crippen LogP contribution in [-0.4, -0.2) is 22.2 Å². The van der Waals surface area contributed by atoms with Gasteiger partial charge < -0.3 is 4.52 Å². The summed E-state index contributed by atoms with van der Waals surface area (Å²) in [5, 5.41) is 4.55. The van der Waals surface area contributed by atoms with E-state index in [2.05, 4.69) is 15.6 Å². The van der Waals surface area contributed by atoms with E-state index in [9.17, 15) is 4.79 Å². The monoisotopic (exact) mass is 261 g/mol. The lowest BCUT2D eigenvalue weighted by Crippen LogP contribution is -2.28. The van der Waals surface area contributed by atoms with Crippen molar-refractivity contribution in [3.8, 4) is 0 Å². The van der Waals surface area contributed by atoms with E-state index < -0.39 is 0 Å². The van der Waals surface area contributed by atoms with Crippen molar-refractivity contribution in [3.05, 3.63) is 23.5 Å². The number of hydrogen-bond acceptors (Lipinski definition) is 5. The number of aromatic nitrogens is 2. The SMILES string of the molecule is Cc1noc2ncc(C(=O)NOC3CCCC3)cc12. The van der Waals surface area contributed by atoms with Crippen LogP contribution in [0, 0.1) is 6.92 Å². The average Bonchev–Trinajstić information content (AvgIpc) is 3.06. The minimum atomic E-state index is -0.290. The molecule has 3 rings (SSSR count). The van der Waals surface area contributed by atoms with E-state index in [-0.39, 0.29) is 12.0 Å². The van der Waals surface area contributed by atoms with Gasteiger partial charge in [0.2, 0.25) is 0 Å². The number of carbonyl (C=O) groups excluding carboxylic acids is 1. The lowest BCUT2D eigenvalue weighted by molar-refractivity contribution is -0.0125. The van der Waals surface area contributed by atoms with Crippen LogP contribution in [0.15, 0.2) is 16.8 Å². The van der Waals surface area contributed by atoms with E-state index in [4.69, 9.17) is 9.36 Å². The molecule has 19 heavy (non-hydrogen) atoms. The molecule has 0 saturated heterocycles. The molecule has 1 aliphatic rings. The van der Waals surface area contributed by atoms with Crippen molar-refractivity contribution in [1.82, 2.24) is 15.6 Å². The van der Waals surface area contributed by atoms with Crippen LogP contribution in [0.1, 0.15) is 41.7 Å². The van der Waals surface area contributed by atoms with E-state index in [1.54, 1.807) is 6.07 Å². The summed E-state index contributed by atoms with van der Waals surface area (Å²) in [6.45, 7) is 1.81. The van der Waals surface area contributed by atoms with Crippen molar-refractivity contribution < 1.29 is 14.2 Å². The van der Waals surface area contributed by atoms with Crippen LogP contribution >= 0.6 is 0 Å². The molecule has 0 radical (unpaired) electrons. The van der Waals surface area contributed by atoms with Gasteiger partial charge in [-0.3, -0.25) is 9.63 Å². The molecule has 0 aliphatic heterocycles. The molecule has 6 nitrogen and oxygen atoms in total. The number of amides is 1. The summed E-state index contributed by atoms with van der Waals surface area (Å²) in [5.74, 6) is -0.290. The second-order valence-corrected chi connectivity index (χ2v) is 4.80. The van der Waals surface area contributed by atoms with Crippen LogP contribution in [0.2, 0.25) is 0 Å². The maximum absolute atomic E-state index is 12.0. The zero-order valence-electron chi connectivity index (χ0n) is 10.7. The van der Waals surface area contributed by atoms with Gasteiger partial charge in [0, 0.05) is 6.20 Å². The Bertz CT molecular complexity index is 602. The van der Waals surface area contributed by atoms with Crippen molar-refractivity contribution in [3.63, 3.8) is 0 Å². The van der Waals surface area contributed by atoms with Gasteiger partial charge in [0.05, 0.1) is 22.7 Å². The fourth-order valence-electron chi connectivity index (χ4n) is 2.27. The minimum absolute atomic E-state index is 0.137. The van der Waals surface area contributed by atoms with Gasteiger partial charge in [-0.2, -0.15) is 0 Å². The van der Waals surface area contributed by atoms with Crippen LogP contribution in [-0.2, 0) is 4.84 Å². The Kier molecular flexibility index (Phi) is 3.16. The molecule has 100 valence electrons. The third-order valence-corrected chi connectivity index (χ3v) is 3.39. The summed E-state index contributed by atoms with van der Waals surface area (Å²) in [5.41, 5.74) is 4.08. The predicted molar refractivity (Wildman–Crippen MR) is 67.3 cm³/mol. The summed E-state index contributed by atoms with van der Waals surface area (Å²) in [6, 6.07) is 1.71. The first-order valence-electron chi connectivity index (χ1n) is 6.42. The Hall–Kier alpha value is -1.95.